The first kappa shape index (κ1) is 27.9. The molecule has 4 aromatic heterocycles. The molecule has 0 amide bonds. The number of benzene rings is 7. The van der Waals surface area contributed by atoms with Gasteiger partial charge in [-0.05, 0) is 59.7 Å². The Balaban J connectivity index is 1.25. The van der Waals surface area contributed by atoms with Gasteiger partial charge in [0.15, 0.2) is 17.5 Å². The molecule has 0 bridgehead atoms. The van der Waals surface area contributed by atoms with E-state index in [9.17, 15) is 0 Å². The number of hydrogen-bond donors (Lipinski definition) is 0. The summed E-state index contributed by atoms with van der Waals surface area (Å²) in [6.07, 6.45) is 0. The second-order valence-corrected chi connectivity index (χ2v) is 12.7. The van der Waals surface area contributed by atoms with Crippen LogP contribution < -0.4 is 0 Å². The number of furan rings is 3. The summed E-state index contributed by atoms with van der Waals surface area (Å²) < 4.78 is 19.1. The van der Waals surface area contributed by atoms with Gasteiger partial charge in [0.05, 0.1) is 0 Å². The van der Waals surface area contributed by atoms with Crippen LogP contribution >= 0.6 is 0 Å². The van der Waals surface area contributed by atoms with E-state index < -0.39 is 0 Å². The standard InChI is InChI=1S/C45H25N3O3/c1-2-11-26(12-3-1)43-46-44(27-21-22-29-28-13-4-7-17-34(28)51-39(29)25-27)48-45(47-43)42-31(23-24-38-41(42)33-15-6-9-19-36(33)50-38)30-16-10-20-37-40(30)32-14-5-8-18-35(32)49-37/h1-25H. The van der Waals surface area contributed by atoms with Crippen molar-refractivity contribution in [2.75, 3.05) is 0 Å². The van der Waals surface area contributed by atoms with Crippen molar-refractivity contribution in [1.82, 2.24) is 15.0 Å². The lowest BCUT2D eigenvalue weighted by Gasteiger charge is -2.14. The molecule has 7 aromatic carbocycles. The lowest BCUT2D eigenvalue weighted by atomic mass is 9.92. The summed E-state index contributed by atoms with van der Waals surface area (Å²) >= 11 is 0. The molecule has 6 nitrogen and oxygen atoms in total. The average molecular weight is 656 g/mol. The van der Waals surface area contributed by atoms with Crippen molar-refractivity contribution >= 4 is 65.8 Å². The zero-order valence-corrected chi connectivity index (χ0v) is 27.0. The third-order valence-electron chi connectivity index (χ3n) is 9.76. The Morgan fingerprint density at radius 3 is 1.63 bits per heavy atom. The summed E-state index contributed by atoms with van der Waals surface area (Å²) in [5, 5.41) is 6.13. The summed E-state index contributed by atoms with van der Waals surface area (Å²) in [4.78, 5) is 15.6. The monoisotopic (exact) mass is 655 g/mol. The molecule has 11 aromatic rings. The van der Waals surface area contributed by atoms with E-state index in [1.54, 1.807) is 0 Å². The van der Waals surface area contributed by atoms with Gasteiger partial charge < -0.3 is 13.3 Å². The fourth-order valence-corrected chi connectivity index (χ4v) is 7.47. The Kier molecular flexibility index (Phi) is 5.86. The molecular formula is C45H25N3O3. The van der Waals surface area contributed by atoms with Gasteiger partial charge in [-0.2, -0.15) is 0 Å². The fourth-order valence-electron chi connectivity index (χ4n) is 7.47. The lowest BCUT2D eigenvalue weighted by molar-refractivity contribution is 0.668. The Morgan fingerprint density at radius 1 is 0.314 bits per heavy atom. The van der Waals surface area contributed by atoms with Gasteiger partial charge in [-0.25, -0.2) is 15.0 Å². The van der Waals surface area contributed by atoms with Crippen molar-refractivity contribution in [1.29, 1.82) is 0 Å². The highest BCUT2D eigenvalue weighted by Gasteiger charge is 2.24. The SMILES string of the molecule is c1ccc(-c2nc(-c3ccc4c(c3)oc3ccccc34)nc(-c3c(-c4cccc5oc6ccccc6c45)ccc4oc5ccccc5c34)n2)cc1. The van der Waals surface area contributed by atoms with Crippen LogP contribution in [0, 0.1) is 0 Å². The van der Waals surface area contributed by atoms with E-state index in [0.29, 0.717) is 17.5 Å². The van der Waals surface area contributed by atoms with Crippen molar-refractivity contribution in [2.24, 2.45) is 0 Å². The Morgan fingerprint density at radius 2 is 0.863 bits per heavy atom. The predicted octanol–water partition coefficient (Wildman–Crippen LogP) is 12.2. The topological polar surface area (TPSA) is 78.1 Å². The molecule has 0 aliphatic heterocycles. The molecule has 6 heteroatoms. The van der Waals surface area contributed by atoms with Gasteiger partial charge in [0, 0.05) is 49.0 Å². The maximum atomic E-state index is 6.45. The second-order valence-electron chi connectivity index (χ2n) is 12.7. The fraction of sp³-hybridized carbons (Fsp3) is 0. The number of nitrogens with zero attached hydrogens (tertiary/aromatic N) is 3. The van der Waals surface area contributed by atoms with Gasteiger partial charge >= 0.3 is 0 Å². The van der Waals surface area contributed by atoms with Crippen molar-refractivity contribution in [2.45, 2.75) is 0 Å². The molecule has 0 aliphatic rings. The highest BCUT2D eigenvalue weighted by Crippen LogP contribution is 2.46. The highest BCUT2D eigenvalue weighted by atomic mass is 16.3. The van der Waals surface area contributed by atoms with Crippen LogP contribution in [0.1, 0.15) is 0 Å². The third-order valence-corrected chi connectivity index (χ3v) is 9.76. The van der Waals surface area contributed by atoms with E-state index in [1.807, 2.05) is 109 Å². The zero-order chi connectivity index (χ0) is 33.5. The summed E-state index contributed by atoms with van der Waals surface area (Å²) in [5.41, 5.74) is 9.40. The van der Waals surface area contributed by atoms with Crippen LogP contribution in [0.2, 0.25) is 0 Å². The molecule has 238 valence electrons. The zero-order valence-electron chi connectivity index (χ0n) is 27.0. The van der Waals surface area contributed by atoms with Crippen molar-refractivity contribution < 1.29 is 13.3 Å². The van der Waals surface area contributed by atoms with Crippen molar-refractivity contribution in [3.8, 4) is 45.3 Å². The summed E-state index contributed by atoms with van der Waals surface area (Å²) in [6.45, 7) is 0. The van der Waals surface area contributed by atoms with Crippen LogP contribution in [0.3, 0.4) is 0 Å². The minimum Gasteiger partial charge on any atom is -0.456 e. The lowest BCUT2D eigenvalue weighted by Crippen LogP contribution is -2.01. The van der Waals surface area contributed by atoms with E-state index in [4.69, 9.17) is 28.2 Å². The Labute approximate surface area is 290 Å². The third kappa shape index (κ3) is 4.26. The van der Waals surface area contributed by atoms with Crippen LogP contribution in [0.5, 0.6) is 0 Å². The second kappa shape index (κ2) is 10.7. The number of fused-ring (bicyclic) bond motifs is 9. The quantitative estimate of drug-likeness (QED) is 0.188. The Bertz CT molecular complexity index is 3150. The Hall–Kier alpha value is -7.05. The summed E-state index contributed by atoms with van der Waals surface area (Å²) in [7, 11) is 0. The predicted molar refractivity (Wildman–Crippen MR) is 203 cm³/mol. The van der Waals surface area contributed by atoms with E-state index in [2.05, 4.69) is 42.5 Å². The van der Waals surface area contributed by atoms with Gasteiger partial charge in [-0.3, -0.25) is 0 Å². The molecule has 0 unspecified atom stereocenters. The normalized spacial score (nSPS) is 11.9. The first-order chi connectivity index (χ1) is 25.3. The van der Waals surface area contributed by atoms with Crippen LogP contribution in [0.15, 0.2) is 165 Å². The maximum Gasteiger partial charge on any atom is 0.165 e. The number of para-hydroxylation sites is 3. The van der Waals surface area contributed by atoms with Crippen LogP contribution in [0.25, 0.3) is 111 Å². The molecule has 11 rings (SSSR count). The van der Waals surface area contributed by atoms with Crippen molar-refractivity contribution in [3.05, 3.63) is 152 Å². The highest BCUT2D eigenvalue weighted by molar-refractivity contribution is 6.19. The first-order valence-corrected chi connectivity index (χ1v) is 16.9. The molecule has 0 radical (unpaired) electrons. The van der Waals surface area contributed by atoms with E-state index in [1.165, 1.54) is 0 Å². The molecule has 0 spiro atoms. The van der Waals surface area contributed by atoms with Gasteiger partial charge in [0.1, 0.15) is 33.5 Å². The molecule has 0 saturated heterocycles. The molecule has 4 heterocycles. The van der Waals surface area contributed by atoms with E-state index >= 15 is 0 Å². The number of rotatable bonds is 4. The molecule has 0 aliphatic carbocycles. The largest absolute Gasteiger partial charge is 0.456 e. The minimum absolute atomic E-state index is 0.542. The van der Waals surface area contributed by atoms with E-state index in [-0.39, 0.29) is 0 Å². The molecule has 0 N–H and O–H groups in total. The van der Waals surface area contributed by atoms with Crippen LogP contribution in [-0.2, 0) is 0 Å². The van der Waals surface area contributed by atoms with Crippen LogP contribution in [0.4, 0.5) is 0 Å². The average Bonchev–Trinajstić information content (AvgIpc) is 3.88. The smallest absolute Gasteiger partial charge is 0.165 e. The van der Waals surface area contributed by atoms with Crippen LogP contribution in [-0.4, -0.2) is 15.0 Å². The summed E-state index contributed by atoms with van der Waals surface area (Å²) in [5.74, 6) is 1.66. The number of aromatic nitrogens is 3. The molecule has 0 fully saturated rings. The maximum absolute atomic E-state index is 6.45. The molecule has 0 atom stereocenters. The van der Waals surface area contributed by atoms with Gasteiger partial charge in [-0.15, -0.1) is 0 Å². The minimum atomic E-state index is 0.542. The molecule has 51 heavy (non-hydrogen) atoms. The summed E-state index contributed by atoms with van der Waals surface area (Å²) in [6, 6.07) is 51.0. The van der Waals surface area contributed by atoms with E-state index in [0.717, 1.165) is 93.6 Å². The van der Waals surface area contributed by atoms with Gasteiger partial charge in [-0.1, -0.05) is 103 Å². The van der Waals surface area contributed by atoms with Gasteiger partial charge in [0.2, 0.25) is 0 Å². The molecule has 0 saturated carbocycles. The number of hydrogen-bond acceptors (Lipinski definition) is 6. The van der Waals surface area contributed by atoms with Crippen molar-refractivity contribution in [3.63, 3.8) is 0 Å². The first-order valence-electron chi connectivity index (χ1n) is 16.9. The van der Waals surface area contributed by atoms with Gasteiger partial charge in [0.25, 0.3) is 0 Å². The molecular weight excluding hydrogens is 631 g/mol.